The molecule has 0 spiro atoms. The SMILES string of the molecule is COc1cc2nc(-c3ccccc3F)nc(Nc3ccncc3)c2cc1OC. The zero-order chi connectivity index (χ0) is 19.5. The van der Waals surface area contributed by atoms with E-state index in [2.05, 4.69) is 20.3 Å². The maximum Gasteiger partial charge on any atom is 0.165 e. The lowest BCUT2D eigenvalue weighted by Gasteiger charge is -2.14. The van der Waals surface area contributed by atoms with Gasteiger partial charge in [-0.2, -0.15) is 0 Å². The van der Waals surface area contributed by atoms with Crippen molar-refractivity contribution in [2.75, 3.05) is 19.5 Å². The van der Waals surface area contributed by atoms with E-state index in [1.807, 2.05) is 12.1 Å². The largest absolute Gasteiger partial charge is 0.493 e. The van der Waals surface area contributed by atoms with E-state index in [0.29, 0.717) is 28.4 Å². The topological polar surface area (TPSA) is 69.2 Å². The number of nitrogens with zero attached hydrogens (tertiary/aromatic N) is 3. The molecule has 0 aliphatic carbocycles. The fourth-order valence-electron chi connectivity index (χ4n) is 2.89. The number of halogens is 1. The number of hydrogen-bond donors (Lipinski definition) is 1. The number of methoxy groups -OCH3 is 2. The van der Waals surface area contributed by atoms with Crippen molar-refractivity contribution in [3.8, 4) is 22.9 Å². The Kier molecular flexibility index (Phi) is 4.72. The Balaban J connectivity index is 1.96. The molecule has 140 valence electrons. The molecule has 0 aliphatic heterocycles. The third-order valence-electron chi connectivity index (χ3n) is 4.26. The summed E-state index contributed by atoms with van der Waals surface area (Å²) in [5, 5.41) is 3.97. The number of fused-ring (bicyclic) bond motifs is 1. The van der Waals surface area contributed by atoms with Crippen molar-refractivity contribution in [3.05, 3.63) is 66.7 Å². The van der Waals surface area contributed by atoms with Gasteiger partial charge in [-0.3, -0.25) is 4.98 Å². The molecular weight excluding hydrogens is 359 g/mol. The fraction of sp³-hybridized carbons (Fsp3) is 0.0952. The smallest absolute Gasteiger partial charge is 0.165 e. The van der Waals surface area contributed by atoms with Gasteiger partial charge in [0, 0.05) is 29.5 Å². The number of pyridine rings is 1. The van der Waals surface area contributed by atoms with Gasteiger partial charge in [-0.05, 0) is 30.3 Å². The highest BCUT2D eigenvalue weighted by Gasteiger charge is 2.16. The van der Waals surface area contributed by atoms with Crippen LogP contribution >= 0.6 is 0 Å². The number of nitrogens with one attached hydrogen (secondary N) is 1. The first-order valence-electron chi connectivity index (χ1n) is 8.55. The van der Waals surface area contributed by atoms with Gasteiger partial charge in [0.15, 0.2) is 17.3 Å². The van der Waals surface area contributed by atoms with E-state index in [9.17, 15) is 4.39 Å². The minimum Gasteiger partial charge on any atom is -0.493 e. The van der Waals surface area contributed by atoms with Gasteiger partial charge in [-0.1, -0.05) is 12.1 Å². The number of anilines is 2. The second-order valence-electron chi connectivity index (χ2n) is 5.96. The zero-order valence-electron chi connectivity index (χ0n) is 15.3. The highest BCUT2D eigenvalue weighted by Crippen LogP contribution is 2.36. The third kappa shape index (κ3) is 3.29. The van der Waals surface area contributed by atoms with Crippen molar-refractivity contribution in [1.29, 1.82) is 0 Å². The van der Waals surface area contributed by atoms with Crippen LogP contribution in [0.3, 0.4) is 0 Å². The minimum atomic E-state index is -0.391. The van der Waals surface area contributed by atoms with Crippen molar-refractivity contribution < 1.29 is 13.9 Å². The Labute approximate surface area is 161 Å². The number of ether oxygens (including phenoxy) is 2. The highest BCUT2D eigenvalue weighted by molar-refractivity contribution is 5.94. The minimum absolute atomic E-state index is 0.273. The molecule has 1 N–H and O–H groups in total. The summed E-state index contributed by atoms with van der Waals surface area (Å²) in [6.45, 7) is 0. The first-order valence-corrected chi connectivity index (χ1v) is 8.55. The summed E-state index contributed by atoms with van der Waals surface area (Å²) >= 11 is 0. The summed E-state index contributed by atoms with van der Waals surface area (Å²) in [4.78, 5) is 13.2. The molecule has 2 heterocycles. The number of benzene rings is 2. The predicted molar refractivity (Wildman–Crippen MR) is 106 cm³/mol. The highest BCUT2D eigenvalue weighted by atomic mass is 19.1. The van der Waals surface area contributed by atoms with Gasteiger partial charge in [0.2, 0.25) is 0 Å². The van der Waals surface area contributed by atoms with Gasteiger partial charge in [-0.25, -0.2) is 14.4 Å². The average molecular weight is 376 g/mol. The Morgan fingerprint density at radius 1 is 0.893 bits per heavy atom. The van der Waals surface area contributed by atoms with E-state index < -0.39 is 5.82 Å². The van der Waals surface area contributed by atoms with Gasteiger partial charge in [-0.15, -0.1) is 0 Å². The molecule has 0 saturated heterocycles. The molecule has 4 rings (SSSR count). The van der Waals surface area contributed by atoms with Gasteiger partial charge in [0.05, 0.1) is 25.3 Å². The van der Waals surface area contributed by atoms with Crippen LogP contribution < -0.4 is 14.8 Å². The van der Waals surface area contributed by atoms with E-state index in [1.54, 1.807) is 56.9 Å². The summed E-state index contributed by atoms with van der Waals surface area (Å²) < 4.78 is 25.1. The maximum atomic E-state index is 14.3. The number of hydrogen-bond acceptors (Lipinski definition) is 6. The first kappa shape index (κ1) is 17.7. The second-order valence-corrected chi connectivity index (χ2v) is 5.96. The van der Waals surface area contributed by atoms with Gasteiger partial charge in [0.25, 0.3) is 0 Å². The third-order valence-corrected chi connectivity index (χ3v) is 4.26. The Morgan fingerprint density at radius 2 is 1.61 bits per heavy atom. The van der Waals surface area contributed by atoms with Crippen molar-refractivity contribution in [3.63, 3.8) is 0 Å². The summed E-state index contributed by atoms with van der Waals surface area (Å²) in [6, 6.07) is 13.6. The average Bonchev–Trinajstić information content (AvgIpc) is 2.73. The van der Waals surface area contributed by atoms with E-state index in [1.165, 1.54) is 6.07 Å². The van der Waals surface area contributed by atoms with Crippen LogP contribution in [-0.4, -0.2) is 29.2 Å². The van der Waals surface area contributed by atoms with Crippen LogP contribution in [-0.2, 0) is 0 Å². The Hall–Kier alpha value is -3.74. The van der Waals surface area contributed by atoms with Crippen molar-refractivity contribution >= 4 is 22.4 Å². The zero-order valence-corrected chi connectivity index (χ0v) is 15.3. The molecular formula is C21H17FN4O2. The second kappa shape index (κ2) is 7.48. The Morgan fingerprint density at radius 3 is 2.32 bits per heavy atom. The lowest BCUT2D eigenvalue weighted by Crippen LogP contribution is -2.01. The lowest BCUT2D eigenvalue weighted by molar-refractivity contribution is 0.356. The molecule has 0 amide bonds. The summed E-state index contributed by atoms with van der Waals surface area (Å²) in [5.41, 5.74) is 1.71. The van der Waals surface area contributed by atoms with Crippen LogP contribution in [0.2, 0.25) is 0 Å². The van der Waals surface area contributed by atoms with Crippen molar-refractivity contribution in [2.45, 2.75) is 0 Å². The van der Waals surface area contributed by atoms with E-state index in [4.69, 9.17) is 9.47 Å². The maximum absolute atomic E-state index is 14.3. The molecule has 0 bridgehead atoms. The fourth-order valence-corrected chi connectivity index (χ4v) is 2.89. The van der Waals surface area contributed by atoms with E-state index >= 15 is 0 Å². The summed E-state index contributed by atoms with van der Waals surface area (Å²) in [6.07, 6.45) is 3.35. The van der Waals surface area contributed by atoms with Crippen LogP contribution in [0.4, 0.5) is 15.9 Å². The van der Waals surface area contributed by atoms with Gasteiger partial charge in [0.1, 0.15) is 11.6 Å². The summed E-state index contributed by atoms with van der Waals surface area (Å²) in [7, 11) is 3.12. The van der Waals surface area contributed by atoms with Crippen molar-refractivity contribution in [1.82, 2.24) is 15.0 Å². The van der Waals surface area contributed by atoms with E-state index in [0.717, 1.165) is 11.1 Å². The summed E-state index contributed by atoms with van der Waals surface area (Å²) in [5.74, 6) is 1.49. The van der Waals surface area contributed by atoms with Crippen LogP contribution in [0.15, 0.2) is 60.9 Å². The monoisotopic (exact) mass is 376 g/mol. The van der Waals surface area contributed by atoms with Crippen LogP contribution in [0.1, 0.15) is 0 Å². The Bertz CT molecular complexity index is 1140. The molecule has 0 fully saturated rings. The molecule has 0 unspecified atom stereocenters. The van der Waals surface area contributed by atoms with Crippen LogP contribution in [0.5, 0.6) is 11.5 Å². The molecule has 0 aliphatic rings. The molecule has 28 heavy (non-hydrogen) atoms. The molecule has 0 saturated carbocycles. The normalized spacial score (nSPS) is 10.7. The number of rotatable bonds is 5. The quantitative estimate of drug-likeness (QED) is 0.549. The van der Waals surface area contributed by atoms with E-state index in [-0.39, 0.29) is 5.82 Å². The standard InChI is InChI=1S/C21H17FN4O2/c1-27-18-11-15-17(12-19(18)28-2)25-20(14-5-3-4-6-16(14)22)26-21(15)24-13-7-9-23-10-8-13/h3-12H,1-2H3,(H,23,24,25,26). The molecule has 4 aromatic rings. The lowest BCUT2D eigenvalue weighted by atomic mass is 10.1. The number of aromatic nitrogens is 3. The van der Waals surface area contributed by atoms with Crippen LogP contribution in [0, 0.1) is 5.82 Å². The van der Waals surface area contributed by atoms with Gasteiger partial charge < -0.3 is 14.8 Å². The van der Waals surface area contributed by atoms with Crippen molar-refractivity contribution in [2.24, 2.45) is 0 Å². The van der Waals surface area contributed by atoms with Gasteiger partial charge >= 0.3 is 0 Å². The molecule has 0 atom stereocenters. The first-order chi connectivity index (χ1) is 13.7. The van der Waals surface area contributed by atoms with Crippen LogP contribution in [0.25, 0.3) is 22.3 Å². The molecule has 6 nitrogen and oxygen atoms in total. The predicted octanol–water partition coefficient (Wildman–Crippen LogP) is 4.59. The molecule has 7 heteroatoms. The molecule has 2 aromatic carbocycles. The molecule has 0 radical (unpaired) electrons. The molecule has 2 aromatic heterocycles.